The monoisotopic (exact) mass is 418 g/mol. The molecule has 2 aromatic carbocycles. The quantitative estimate of drug-likeness (QED) is 0.436. The zero-order valence-electron chi connectivity index (χ0n) is 18.0. The predicted octanol–water partition coefficient (Wildman–Crippen LogP) is 4.41. The molecule has 0 saturated carbocycles. The smallest absolute Gasteiger partial charge is 0.248 e. The van der Waals surface area contributed by atoms with Crippen molar-refractivity contribution in [1.29, 1.82) is 0 Å². The van der Waals surface area contributed by atoms with Crippen molar-refractivity contribution in [3.8, 4) is 11.5 Å². The van der Waals surface area contributed by atoms with Crippen LogP contribution in [-0.4, -0.2) is 32.2 Å². The molecular weight excluding hydrogens is 392 g/mol. The van der Waals surface area contributed by atoms with E-state index in [9.17, 15) is 4.79 Å². The van der Waals surface area contributed by atoms with Gasteiger partial charge in [0.05, 0.1) is 25.6 Å². The van der Waals surface area contributed by atoms with Crippen molar-refractivity contribution in [2.75, 3.05) is 37.2 Å². The highest BCUT2D eigenvalue weighted by Crippen LogP contribution is 2.37. The first-order valence-electron chi connectivity index (χ1n) is 9.69. The van der Waals surface area contributed by atoms with Crippen LogP contribution in [0.4, 0.5) is 22.9 Å². The van der Waals surface area contributed by atoms with Crippen LogP contribution in [-0.2, 0) is 4.79 Å². The number of carbonyl (C=O) groups excluding carboxylic acids is 1. The van der Waals surface area contributed by atoms with Crippen LogP contribution in [0.3, 0.4) is 0 Å². The van der Waals surface area contributed by atoms with E-state index in [1.807, 2.05) is 55.3 Å². The molecule has 0 unspecified atom stereocenters. The van der Waals surface area contributed by atoms with Crippen molar-refractivity contribution < 1.29 is 14.3 Å². The van der Waals surface area contributed by atoms with E-state index in [-0.39, 0.29) is 5.91 Å². The fourth-order valence-corrected chi connectivity index (χ4v) is 3.22. The van der Waals surface area contributed by atoms with Crippen LogP contribution in [0.5, 0.6) is 11.5 Å². The summed E-state index contributed by atoms with van der Waals surface area (Å²) in [5, 5.41) is 2.78. The number of nitrogens with one attached hydrogen (secondary N) is 1. The lowest BCUT2D eigenvalue weighted by Crippen LogP contribution is -2.13. The van der Waals surface area contributed by atoms with Crippen LogP contribution in [0.15, 0.2) is 60.8 Å². The zero-order chi connectivity index (χ0) is 22.4. The molecule has 0 fully saturated rings. The summed E-state index contributed by atoms with van der Waals surface area (Å²) in [6, 6.07) is 14.7. The standard InChI is InChI=1S/C24H26N4O3/c1-16-14-18(15-21(30-3)23(16)31-4)28(2)24-17(8-7-13-26-24)11-12-22(29)27-20-10-6-5-9-19(20)25/h5-15H,25H2,1-4H3,(H,27,29)/b12-11+. The number of pyridine rings is 1. The van der Waals surface area contributed by atoms with Crippen LogP contribution in [0, 0.1) is 6.92 Å². The maximum Gasteiger partial charge on any atom is 0.248 e. The highest BCUT2D eigenvalue weighted by atomic mass is 16.5. The van der Waals surface area contributed by atoms with Gasteiger partial charge in [-0.2, -0.15) is 0 Å². The van der Waals surface area contributed by atoms with Gasteiger partial charge < -0.3 is 25.4 Å². The summed E-state index contributed by atoms with van der Waals surface area (Å²) in [6.45, 7) is 1.96. The topological polar surface area (TPSA) is 89.7 Å². The molecule has 1 amide bonds. The molecular formula is C24H26N4O3. The average molecular weight is 418 g/mol. The zero-order valence-corrected chi connectivity index (χ0v) is 18.0. The van der Waals surface area contributed by atoms with Crippen molar-refractivity contribution in [1.82, 2.24) is 4.98 Å². The summed E-state index contributed by atoms with van der Waals surface area (Å²) < 4.78 is 10.9. The molecule has 0 bridgehead atoms. The minimum atomic E-state index is -0.280. The number of nitrogen functional groups attached to an aromatic ring is 1. The third-order valence-electron chi connectivity index (χ3n) is 4.80. The van der Waals surface area contributed by atoms with Crippen molar-refractivity contribution in [2.24, 2.45) is 0 Å². The number of hydrogen-bond acceptors (Lipinski definition) is 6. The second-order valence-electron chi connectivity index (χ2n) is 6.88. The molecule has 3 aromatic rings. The van der Waals surface area contributed by atoms with Gasteiger partial charge in [0.15, 0.2) is 11.5 Å². The van der Waals surface area contributed by atoms with Crippen molar-refractivity contribution in [2.45, 2.75) is 6.92 Å². The molecule has 31 heavy (non-hydrogen) atoms. The molecule has 7 heteroatoms. The first-order chi connectivity index (χ1) is 14.9. The lowest BCUT2D eigenvalue weighted by atomic mass is 10.1. The second kappa shape index (κ2) is 9.67. The lowest BCUT2D eigenvalue weighted by molar-refractivity contribution is -0.111. The van der Waals surface area contributed by atoms with Gasteiger partial charge in [-0.25, -0.2) is 4.98 Å². The van der Waals surface area contributed by atoms with Gasteiger partial charge in [0.1, 0.15) is 5.82 Å². The predicted molar refractivity (Wildman–Crippen MR) is 125 cm³/mol. The third-order valence-corrected chi connectivity index (χ3v) is 4.80. The van der Waals surface area contributed by atoms with Gasteiger partial charge in [0.25, 0.3) is 0 Å². The Labute approximate surface area is 182 Å². The first-order valence-corrected chi connectivity index (χ1v) is 9.69. The van der Waals surface area contributed by atoms with E-state index in [0.717, 1.165) is 16.8 Å². The SMILES string of the molecule is COc1cc(N(C)c2ncccc2/C=C/C(=O)Nc2ccccc2N)cc(C)c1OC. The fourth-order valence-electron chi connectivity index (χ4n) is 3.22. The van der Waals surface area contributed by atoms with Crippen molar-refractivity contribution in [3.63, 3.8) is 0 Å². The second-order valence-corrected chi connectivity index (χ2v) is 6.88. The van der Waals surface area contributed by atoms with Crippen molar-refractivity contribution >= 4 is 34.9 Å². The maximum atomic E-state index is 12.4. The maximum absolute atomic E-state index is 12.4. The van der Waals surface area contributed by atoms with E-state index in [0.29, 0.717) is 28.7 Å². The Balaban J connectivity index is 1.86. The summed E-state index contributed by atoms with van der Waals surface area (Å²) in [6.07, 6.45) is 4.89. The van der Waals surface area contributed by atoms with Gasteiger partial charge in [0.2, 0.25) is 5.91 Å². The number of hydrogen-bond donors (Lipinski definition) is 2. The summed E-state index contributed by atoms with van der Waals surface area (Å²) in [5.74, 6) is 1.74. The molecule has 0 aliphatic heterocycles. The molecule has 0 saturated heterocycles. The van der Waals surface area contributed by atoms with Gasteiger partial charge in [-0.05, 0) is 48.9 Å². The van der Waals surface area contributed by atoms with E-state index in [2.05, 4.69) is 10.3 Å². The summed E-state index contributed by atoms with van der Waals surface area (Å²) in [4.78, 5) is 18.8. The Morgan fingerprint density at radius 2 is 1.90 bits per heavy atom. The van der Waals surface area contributed by atoms with Gasteiger partial charge in [0, 0.05) is 36.6 Å². The van der Waals surface area contributed by atoms with Gasteiger partial charge in [-0.3, -0.25) is 4.79 Å². The number of methoxy groups -OCH3 is 2. The van der Waals surface area contributed by atoms with Crippen LogP contribution in [0.25, 0.3) is 6.08 Å². The number of nitrogens with zero attached hydrogens (tertiary/aromatic N) is 2. The van der Waals surface area contributed by atoms with Crippen LogP contribution < -0.4 is 25.4 Å². The summed E-state index contributed by atoms with van der Waals surface area (Å²) >= 11 is 0. The number of rotatable bonds is 7. The van der Waals surface area contributed by atoms with Gasteiger partial charge >= 0.3 is 0 Å². The fraction of sp³-hybridized carbons (Fsp3) is 0.167. The molecule has 160 valence electrons. The molecule has 1 aromatic heterocycles. The number of aryl methyl sites for hydroxylation is 1. The largest absolute Gasteiger partial charge is 0.493 e. The molecule has 0 radical (unpaired) electrons. The van der Waals surface area contributed by atoms with Gasteiger partial charge in [-0.15, -0.1) is 0 Å². The van der Waals surface area contributed by atoms with Gasteiger partial charge in [-0.1, -0.05) is 12.1 Å². The van der Waals surface area contributed by atoms with E-state index >= 15 is 0 Å². The van der Waals surface area contributed by atoms with E-state index in [4.69, 9.17) is 15.2 Å². The van der Waals surface area contributed by atoms with Crippen LogP contribution in [0.2, 0.25) is 0 Å². The minimum absolute atomic E-state index is 0.280. The highest BCUT2D eigenvalue weighted by molar-refractivity contribution is 6.03. The number of benzene rings is 2. The number of para-hydroxylation sites is 2. The third kappa shape index (κ3) is 4.95. The normalized spacial score (nSPS) is 10.7. The molecule has 0 atom stereocenters. The molecule has 0 aliphatic rings. The summed E-state index contributed by atoms with van der Waals surface area (Å²) in [5.41, 5.74) is 9.57. The average Bonchev–Trinajstić information content (AvgIpc) is 2.78. The summed E-state index contributed by atoms with van der Waals surface area (Å²) in [7, 11) is 5.13. The first kappa shape index (κ1) is 21.7. The van der Waals surface area contributed by atoms with Crippen LogP contribution >= 0.6 is 0 Å². The number of carbonyl (C=O) groups is 1. The van der Waals surface area contributed by atoms with E-state index < -0.39 is 0 Å². The number of aromatic nitrogens is 1. The van der Waals surface area contributed by atoms with Crippen molar-refractivity contribution in [3.05, 3.63) is 71.9 Å². The molecule has 3 N–H and O–H groups in total. The van der Waals surface area contributed by atoms with Crippen LogP contribution in [0.1, 0.15) is 11.1 Å². The Morgan fingerprint density at radius 3 is 2.61 bits per heavy atom. The van der Waals surface area contributed by atoms with E-state index in [1.54, 1.807) is 38.6 Å². The Bertz CT molecular complexity index is 1110. The number of amides is 1. The Kier molecular flexibility index (Phi) is 6.77. The Morgan fingerprint density at radius 1 is 1.13 bits per heavy atom. The highest BCUT2D eigenvalue weighted by Gasteiger charge is 2.15. The molecule has 7 nitrogen and oxygen atoms in total. The molecule has 3 rings (SSSR count). The lowest BCUT2D eigenvalue weighted by Gasteiger charge is -2.22. The van der Waals surface area contributed by atoms with E-state index in [1.165, 1.54) is 6.08 Å². The number of nitrogens with two attached hydrogens (primary N) is 1. The minimum Gasteiger partial charge on any atom is -0.493 e. The molecule has 1 heterocycles. The molecule has 0 spiro atoms. The Hall–Kier alpha value is -4.00. The number of ether oxygens (including phenoxy) is 2. The number of anilines is 4. The molecule has 0 aliphatic carbocycles.